The third kappa shape index (κ3) is 2.13. The van der Waals surface area contributed by atoms with Crippen LogP contribution in [0.2, 0.25) is 0 Å². The molecule has 3 nitrogen and oxygen atoms in total. The highest BCUT2D eigenvalue weighted by molar-refractivity contribution is 5.97. The predicted molar refractivity (Wildman–Crippen MR) is 67.9 cm³/mol. The number of hydrogen-bond donors (Lipinski definition) is 1. The van der Waals surface area contributed by atoms with E-state index >= 15 is 0 Å². The summed E-state index contributed by atoms with van der Waals surface area (Å²) in [5, 5.41) is 11.4. The average molecular weight is 232 g/mol. The van der Waals surface area contributed by atoms with Crippen LogP contribution in [0.5, 0.6) is 17.2 Å². The van der Waals surface area contributed by atoms with Crippen molar-refractivity contribution in [3.05, 3.63) is 30.3 Å². The zero-order valence-corrected chi connectivity index (χ0v) is 10.2. The Balaban J connectivity index is 2.71. The van der Waals surface area contributed by atoms with Gasteiger partial charge in [0.1, 0.15) is 17.2 Å². The lowest BCUT2D eigenvalue weighted by Crippen LogP contribution is -2.06. The van der Waals surface area contributed by atoms with Crippen LogP contribution in [0.25, 0.3) is 10.8 Å². The minimum Gasteiger partial charge on any atom is -0.507 e. The molecule has 0 aliphatic heterocycles. The zero-order valence-electron chi connectivity index (χ0n) is 10.2. The summed E-state index contributed by atoms with van der Waals surface area (Å²) in [7, 11) is 1.61. The highest BCUT2D eigenvalue weighted by Gasteiger charge is 2.11. The molecule has 0 fully saturated rings. The number of hydrogen-bond acceptors (Lipinski definition) is 3. The van der Waals surface area contributed by atoms with Crippen LogP contribution in [0.1, 0.15) is 13.8 Å². The van der Waals surface area contributed by atoms with Crippen molar-refractivity contribution >= 4 is 10.8 Å². The van der Waals surface area contributed by atoms with E-state index in [2.05, 4.69) is 0 Å². The molecule has 1 N–H and O–H groups in total. The SMILES string of the molecule is COc1ccc(O)c2cccc(OC(C)C)c12. The molecule has 0 saturated heterocycles. The Morgan fingerprint density at radius 2 is 1.82 bits per heavy atom. The van der Waals surface area contributed by atoms with Crippen molar-refractivity contribution in [1.29, 1.82) is 0 Å². The second-order valence-electron chi connectivity index (χ2n) is 4.13. The molecule has 17 heavy (non-hydrogen) atoms. The maximum Gasteiger partial charge on any atom is 0.131 e. The van der Waals surface area contributed by atoms with Gasteiger partial charge in [0.15, 0.2) is 0 Å². The predicted octanol–water partition coefficient (Wildman–Crippen LogP) is 3.34. The van der Waals surface area contributed by atoms with E-state index in [1.807, 2.05) is 32.0 Å². The van der Waals surface area contributed by atoms with Crippen molar-refractivity contribution in [3.8, 4) is 17.2 Å². The molecule has 2 rings (SSSR count). The molecule has 0 amide bonds. The Morgan fingerprint density at radius 3 is 2.47 bits per heavy atom. The van der Waals surface area contributed by atoms with Crippen molar-refractivity contribution in [1.82, 2.24) is 0 Å². The largest absolute Gasteiger partial charge is 0.507 e. The van der Waals surface area contributed by atoms with E-state index in [1.54, 1.807) is 19.2 Å². The average Bonchev–Trinajstić information content (AvgIpc) is 2.30. The van der Waals surface area contributed by atoms with E-state index in [9.17, 15) is 5.11 Å². The summed E-state index contributed by atoms with van der Waals surface area (Å²) >= 11 is 0. The fraction of sp³-hybridized carbons (Fsp3) is 0.286. The summed E-state index contributed by atoms with van der Waals surface area (Å²) in [6.45, 7) is 3.93. The molecule has 0 radical (unpaired) electrons. The zero-order chi connectivity index (χ0) is 12.4. The second-order valence-corrected chi connectivity index (χ2v) is 4.13. The van der Waals surface area contributed by atoms with Crippen LogP contribution in [-0.2, 0) is 0 Å². The van der Waals surface area contributed by atoms with Crippen LogP contribution in [0.3, 0.4) is 0 Å². The molecular formula is C14H16O3. The third-order valence-electron chi connectivity index (χ3n) is 2.52. The second kappa shape index (κ2) is 4.53. The molecule has 0 aromatic heterocycles. The van der Waals surface area contributed by atoms with Crippen LogP contribution in [0, 0.1) is 0 Å². The molecule has 0 spiro atoms. The van der Waals surface area contributed by atoms with Gasteiger partial charge in [-0.1, -0.05) is 12.1 Å². The van der Waals surface area contributed by atoms with Crippen LogP contribution in [0.4, 0.5) is 0 Å². The van der Waals surface area contributed by atoms with Crippen molar-refractivity contribution in [2.75, 3.05) is 7.11 Å². The monoisotopic (exact) mass is 232 g/mol. The Morgan fingerprint density at radius 1 is 1.06 bits per heavy atom. The number of ether oxygens (including phenoxy) is 2. The number of aromatic hydroxyl groups is 1. The van der Waals surface area contributed by atoms with Gasteiger partial charge in [-0.2, -0.15) is 0 Å². The van der Waals surface area contributed by atoms with Gasteiger partial charge in [-0.15, -0.1) is 0 Å². The van der Waals surface area contributed by atoms with Crippen molar-refractivity contribution in [2.45, 2.75) is 20.0 Å². The van der Waals surface area contributed by atoms with Crippen molar-refractivity contribution in [3.63, 3.8) is 0 Å². The Hall–Kier alpha value is -1.90. The molecule has 0 aliphatic rings. The number of phenolic OH excluding ortho intramolecular Hbond substituents is 1. The molecule has 0 bridgehead atoms. The third-order valence-corrected chi connectivity index (χ3v) is 2.52. The lowest BCUT2D eigenvalue weighted by atomic mass is 10.1. The van der Waals surface area contributed by atoms with Gasteiger partial charge in [0.25, 0.3) is 0 Å². The van der Waals surface area contributed by atoms with Gasteiger partial charge in [0, 0.05) is 5.39 Å². The first-order valence-electron chi connectivity index (χ1n) is 5.59. The van der Waals surface area contributed by atoms with Gasteiger partial charge >= 0.3 is 0 Å². The smallest absolute Gasteiger partial charge is 0.131 e. The minimum atomic E-state index is 0.0765. The van der Waals surface area contributed by atoms with E-state index in [-0.39, 0.29) is 11.9 Å². The van der Waals surface area contributed by atoms with Gasteiger partial charge in [0.05, 0.1) is 18.6 Å². The Kier molecular flexibility index (Phi) is 3.09. The van der Waals surface area contributed by atoms with Crippen LogP contribution in [0.15, 0.2) is 30.3 Å². The van der Waals surface area contributed by atoms with Crippen molar-refractivity contribution < 1.29 is 14.6 Å². The Labute approximate surface area is 101 Å². The summed E-state index contributed by atoms with van der Waals surface area (Å²) in [4.78, 5) is 0. The fourth-order valence-electron chi connectivity index (χ4n) is 1.85. The van der Waals surface area contributed by atoms with Gasteiger partial charge in [-0.25, -0.2) is 0 Å². The Bertz CT molecular complexity index is 532. The number of phenols is 1. The number of benzene rings is 2. The van der Waals surface area contributed by atoms with Gasteiger partial charge in [-0.3, -0.25) is 0 Å². The molecular weight excluding hydrogens is 216 g/mol. The highest BCUT2D eigenvalue weighted by Crippen LogP contribution is 2.38. The van der Waals surface area contributed by atoms with Crippen LogP contribution in [-0.4, -0.2) is 18.3 Å². The quantitative estimate of drug-likeness (QED) is 0.882. The molecule has 0 saturated carbocycles. The normalized spacial score (nSPS) is 10.8. The summed E-state index contributed by atoms with van der Waals surface area (Å²) < 4.78 is 11.0. The standard InChI is InChI=1S/C14H16O3/c1-9(2)17-13-6-4-5-10-11(15)7-8-12(16-3)14(10)13/h4-9,15H,1-3H3. The van der Waals surface area contributed by atoms with Crippen molar-refractivity contribution in [2.24, 2.45) is 0 Å². The number of fused-ring (bicyclic) bond motifs is 1. The van der Waals surface area contributed by atoms with E-state index in [1.165, 1.54) is 0 Å². The lowest BCUT2D eigenvalue weighted by Gasteiger charge is -2.15. The number of methoxy groups -OCH3 is 1. The first kappa shape index (κ1) is 11.6. The molecule has 0 atom stereocenters. The molecule has 0 unspecified atom stereocenters. The van der Waals surface area contributed by atoms with Gasteiger partial charge < -0.3 is 14.6 Å². The molecule has 2 aromatic carbocycles. The van der Waals surface area contributed by atoms with E-state index in [0.717, 1.165) is 16.5 Å². The molecule has 0 heterocycles. The summed E-state index contributed by atoms with van der Waals surface area (Å²) in [5.74, 6) is 1.66. The maximum absolute atomic E-state index is 9.84. The van der Waals surface area contributed by atoms with Gasteiger partial charge in [0.2, 0.25) is 0 Å². The molecule has 90 valence electrons. The number of rotatable bonds is 3. The van der Waals surface area contributed by atoms with E-state index in [0.29, 0.717) is 5.75 Å². The maximum atomic E-state index is 9.84. The topological polar surface area (TPSA) is 38.7 Å². The minimum absolute atomic E-state index is 0.0765. The summed E-state index contributed by atoms with van der Waals surface area (Å²) in [6, 6.07) is 8.95. The molecule has 3 heteroatoms. The van der Waals surface area contributed by atoms with Gasteiger partial charge in [-0.05, 0) is 32.0 Å². The molecule has 2 aromatic rings. The first-order chi connectivity index (χ1) is 8.13. The van der Waals surface area contributed by atoms with Crippen LogP contribution < -0.4 is 9.47 Å². The fourth-order valence-corrected chi connectivity index (χ4v) is 1.85. The lowest BCUT2D eigenvalue weighted by molar-refractivity contribution is 0.245. The first-order valence-corrected chi connectivity index (χ1v) is 5.59. The summed E-state index contributed by atoms with van der Waals surface area (Å²) in [6.07, 6.45) is 0.0765. The highest BCUT2D eigenvalue weighted by atomic mass is 16.5. The van der Waals surface area contributed by atoms with E-state index < -0.39 is 0 Å². The van der Waals surface area contributed by atoms with E-state index in [4.69, 9.17) is 9.47 Å². The van der Waals surface area contributed by atoms with Crippen LogP contribution >= 0.6 is 0 Å². The molecule has 0 aliphatic carbocycles. The summed E-state index contributed by atoms with van der Waals surface area (Å²) in [5.41, 5.74) is 0.